The number of hydrogen-bond donors (Lipinski definition) is 1. The summed E-state index contributed by atoms with van der Waals surface area (Å²) in [6.45, 7) is 0.700. The van der Waals surface area contributed by atoms with Crippen LogP contribution < -0.4 is 10.1 Å². The van der Waals surface area contributed by atoms with Gasteiger partial charge < -0.3 is 10.1 Å². The van der Waals surface area contributed by atoms with Crippen molar-refractivity contribution in [1.82, 2.24) is 5.32 Å². The van der Waals surface area contributed by atoms with Crippen LogP contribution in [0.2, 0.25) is 0 Å². The van der Waals surface area contributed by atoms with Crippen molar-refractivity contribution < 1.29 is 9.53 Å². The molecule has 4 rings (SSSR count). The van der Waals surface area contributed by atoms with Crippen molar-refractivity contribution in [2.45, 2.75) is 30.8 Å². The van der Waals surface area contributed by atoms with Crippen LogP contribution in [0, 0.1) is 0 Å². The maximum Gasteiger partial charge on any atom is 0.261 e. The summed E-state index contributed by atoms with van der Waals surface area (Å²) in [7, 11) is 0. The summed E-state index contributed by atoms with van der Waals surface area (Å²) < 4.78 is 5.75. The van der Waals surface area contributed by atoms with Crippen molar-refractivity contribution in [3.63, 3.8) is 0 Å². The molecule has 0 aromatic heterocycles. The number of nitrogens with one attached hydrogen (secondary N) is 1. The normalized spacial score (nSPS) is 20.8. The van der Waals surface area contributed by atoms with Crippen LogP contribution in [0.5, 0.6) is 5.75 Å². The van der Waals surface area contributed by atoms with Crippen LogP contribution in [0.15, 0.2) is 54.6 Å². The first-order valence-electron chi connectivity index (χ1n) is 7.85. The molecule has 112 valence electrons. The van der Waals surface area contributed by atoms with Gasteiger partial charge in [-0.25, -0.2) is 0 Å². The van der Waals surface area contributed by atoms with Gasteiger partial charge in [0.1, 0.15) is 5.75 Å². The Morgan fingerprint density at radius 2 is 1.82 bits per heavy atom. The summed E-state index contributed by atoms with van der Waals surface area (Å²) in [6.07, 6.45) is 2.57. The Balaban J connectivity index is 1.38. The Morgan fingerprint density at radius 1 is 1.09 bits per heavy atom. The van der Waals surface area contributed by atoms with Gasteiger partial charge in [0, 0.05) is 18.4 Å². The zero-order chi connectivity index (χ0) is 15.0. The van der Waals surface area contributed by atoms with Gasteiger partial charge in [0.15, 0.2) is 6.10 Å². The van der Waals surface area contributed by atoms with Crippen LogP contribution in [-0.2, 0) is 16.6 Å². The van der Waals surface area contributed by atoms with Gasteiger partial charge in [0.05, 0.1) is 0 Å². The predicted octanol–water partition coefficient (Wildman–Crippen LogP) is 2.84. The third-order valence-corrected chi connectivity index (χ3v) is 4.78. The maximum atomic E-state index is 12.4. The summed E-state index contributed by atoms with van der Waals surface area (Å²) in [5, 5.41) is 3.10. The molecule has 1 atom stereocenters. The smallest absolute Gasteiger partial charge is 0.261 e. The summed E-state index contributed by atoms with van der Waals surface area (Å²) in [5.41, 5.74) is 2.58. The summed E-state index contributed by atoms with van der Waals surface area (Å²) in [4.78, 5) is 12.4. The second kappa shape index (κ2) is 5.16. The first-order chi connectivity index (χ1) is 10.8. The van der Waals surface area contributed by atoms with E-state index < -0.39 is 0 Å². The first-order valence-corrected chi connectivity index (χ1v) is 7.85. The third kappa shape index (κ3) is 2.37. The predicted molar refractivity (Wildman–Crippen MR) is 84.9 cm³/mol. The minimum absolute atomic E-state index is 0.00148. The van der Waals surface area contributed by atoms with Crippen LogP contribution in [0.1, 0.15) is 24.0 Å². The van der Waals surface area contributed by atoms with E-state index >= 15 is 0 Å². The molecule has 0 spiro atoms. The Kier molecular flexibility index (Phi) is 3.14. The van der Waals surface area contributed by atoms with Crippen LogP contribution in [0.3, 0.4) is 0 Å². The lowest BCUT2D eigenvalue weighted by Crippen LogP contribution is -2.41. The third-order valence-electron chi connectivity index (χ3n) is 4.78. The van der Waals surface area contributed by atoms with Gasteiger partial charge in [0.25, 0.3) is 5.91 Å². The molecule has 1 aliphatic heterocycles. The molecule has 1 amide bonds. The van der Waals surface area contributed by atoms with Crippen LogP contribution in [-0.4, -0.2) is 18.6 Å². The van der Waals surface area contributed by atoms with Crippen molar-refractivity contribution in [2.75, 3.05) is 6.54 Å². The Bertz CT molecular complexity index is 667. The minimum Gasteiger partial charge on any atom is -0.480 e. The molecule has 1 heterocycles. The molecular formula is C19H19NO2. The Hall–Kier alpha value is -2.29. The van der Waals surface area contributed by atoms with Gasteiger partial charge in [-0.15, -0.1) is 0 Å². The molecule has 0 saturated heterocycles. The second-order valence-corrected chi connectivity index (χ2v) is 6.28. The highest BCUT2D eigenvalue weighted by Crippen LogP contribution is 2.47. The van der Waals surface area contributed by atoms with E-state index in [-0.39, 0.29) is 17.4 Å². The SMILES string of the molecule is O=C(NCC1(c2ccccc2)CC1)[C@@H]1Cc2ccccc2O1. The van der Waals surface area contributed by atoms with E-state index in [1.54, 1.807) is 0 Å². The average molecular weight is 293 g/mol. The monoisotopic (exact) mass is 293 g/mol. The van der Waals surface area contributed by atoms with Gasteiger partial charge >= 0.3 is 0 Å². The number of hydrogen-bond acceptors (Lipinski definition) is 2. The van der Waals surface area contributed by atoms with E-state index in [4.69, 9.17) is 4.74 Å². The number of rotatable bonds is 4. The molecule has 0 unspecified atom stereocenters. The minimum atomic E-state index is -0.385. The van der Waals surface area contributed by atoms with Crippen LogP contribution >= 0.6 is 0 Å². The number of amides is 1. The molecular weight excluding hydrogens is 274 g/mol. The fourth-order valence-corrected chi connectivity index (χ4v) is 3.21. The molecule has 3 nitrogen and oxygen atoms in total. The van der Waals surface area contributed by atoms with E-state index in [2.05, 4.69) is 29.6 Å². The fraction of sp³-hybridized carbons (Fsp3) is 0.316. The van der Waals surface area contributed by atoms with E-state index in [1.807, 2.05) is 30.3 Å². The van der Waals surface area contributed by atoms with Crippen molar-refractivity contribution >= 4 is 5.91 Å². The lowest BCUT2D eigenvalue weighted by atomic mass is 9.96. The quantitative estimate of drug-likeness (QED) is 0.941. The highest BCUT2D eigenvalue weighted by atomic mass is 16.5. The van der Waals surface area contributed by atoms with E-state index in [1.165, 1.54) is 5.56 Å². The van der Waals surface area contributed by atoms with Gasteiger partial charge in [-0.3, -0.25) is 4.79 Å². The second-order valence-electron chi connectivity index (χ2n) is 6.28. The number of carbonyl (C=O) groups excluding carboxylic acids is 1. The van der Waals surface area contributed by atoms with Crippen molar-refractivity contribution in [3.8, 4) is 5.75 Å². The molecule has 2 aliphatic rings. The van der Waals surface area contributed by atoms with Gasteiger partial charge in [-0.2, -0.15) is 0 Å². The van der Waals surface area contributed by atoms with E-state index in [0.717, 1.165) is 24.2 Å². The number of benzene rings is 2. The zero-order valence-corrected chi connectivity index (χ0v) is 12.4. The van der Waals surface area contributed by atoms with Crippen LogP contribution in [0.25, 0.3) is 0 Å². The summed E-state index contributed by atoms with van der Waals surface area (Å²) >= 11 is 0. The summed E-state index contributed by atoms with van der Waals surface area (Å²) in [6, 6.07) is 18.3. The highest BCUT2D eigenvalue weighted by Gasteiger charge is 2.44. The van der Waals surface area contributed by atoms with E-state index in [0.29, 0.717) is 13.0 Å². The Morgan fingerprint density at radius 3 is 2.55 bits per heavy atom. The number of ether oxygens (including phenoxy) is 1. The molecule has 3 heteroatoms. The van der Waals surface area contributed by atoms with Gasteiger partial charge in [0.2, 0.25) is 0 Å². The largest absolute Gasteiger partial charge is 0.480 e. The highest BCUT2D eigenvalue weighted by molar-refractivity contribution is 5.82. The van der Waals surface area contributed by atoms with Gasteiger partial charge in [-0.1, -0.05) is 48.5 Å². The average Bonchev–Trinajstić information content (AvgIpc) is 3.24. The molecule has 0 bridgehead atoms. The van der Waals surface area contributed by atoms with Crippen LogP contribution in [0.4, 0.5) is 0 Å². The molecule has 2 aromatic rings. The van der Waals surface area contributed by atoms with Gasteiger partial charge in [-0.05, 0) is 30.0 Å². The standard InChI is InChI=1S/C19H19NO2/c21-18(17-12-14-6-4-5-9-16(14)22-17)20-13-19(10-11-19)15-7-2-1-3-8-15/h1-9,17H,10-13H2,(H,20,21)/t17-/m0/s1. The van der Waals surface area contributed by atoms with E-state index in [9.17, 15) is 4.79 Å². The fourth-order valence-electron chi connectivity index (χ4n) is 3.21. The first kappa shape index (κ1) is 13.4. The molecule has 2 aromatic carbocycles. The van der Waals surface area contributed by atoms with Crippen molar-refractivity contribution in [3.05, 3.63) is 65.7 Å². The molecule has 0 radical (unpaired) electrons. The molecule has 1 aliphatic carbocycles. The number of para-hydroxylation sites is 1. The Labute approximate surface area is 130 Å². The number of carbonyl (C=O) groups is 1. The van der Waals surface area contributed by atoms with Crippen molar-refractivity contribution in [1.29, 1.82) is 0 Å². The topological polar surface area (TPSA) is 38.3 Å². The molecule has 1 N–H and O–H groups in total. The molecule has 1 saturated carbocycles. The lowest BCUT2D eigenvalue weighted by Gasteiger charge is -2.18. The number of fused-ring (bicyclic) bond motifs is 1. The summed E-state index contributed by atoms with van der Waals surface area (Å²) in [5.74, 6) is 0.838. The molecule has 22 heavy (non-hydrogen) atoms. The zero-order valence-electron chi connectivity index (χ0n) is 12.4. The maximum absolute atomic E-state index is 12.4. The lowest BCUT2D eigenvalue weighted by molar-refractivity contribution is -0.127. The molecule has 1 fully saturated rings. The van der Waals surface area contributed by atoms with Crippen molar-refractivity contribution in [2.24, 2.45) is 0 Å².